The van der Waals surface area contributed by atoms with Crippen LogP contribution in [0.1, 0.15) is 49.7 Å². The average Bonchev–Trinajstić information content (AvgIpc) is 3.33. The first-order chi connectivity index (χ1) is 20.3. The number of piperidine rings is 1. The van der Waals surface area contributed by atoms with Crippen LogP contribution in [0.15, 0.2) is 72.8 Å². The van der Waals surface area contributed by atoms with Gasteiger partial charge in [-0.25, -0.2) is 4.98 Å². The van der Waals surface area contributed by atoms with Gasteiger partial charge < -0.3 is 30.0 Å². The lowest BCUT2D eigenvalue weighted by Crippen LogP contribution is -2.40. The minimum Gasteiger partial charge on any atom is -0.490 e. The highest BCUT2D eigenvalue weighted by Gasteiger charge is 2.21. The highest BCUT2D eigenvalue weighted by molar-refractivity contribution is 5.98. The molecule has 0 spiro atoms. The quantitative estimate of drug-likeness (QED) is 0.134. The zero-order valence-electron chi connectivity index (χ0n) is 24.8. The van der Waals surface area contributed by atoms with Crippen LogP contribution < -0.4 is 20.5 Å². The summed E-state index contributed by atoms with van der Waals surface area (Å²) >= 11 is 0. The van der Waals surface area contributed by atoms with Crippen LogP contribution in [0.5, 0.6) is 11.5 Å². The van der Waals surface area contributed by atoms with Crippen molar-refractivity contribution >= 4 is 53.4 Å². The zero-order valence-corrected chi connectivity index (χ0v) is 26.4. The fraction of sp³-hybridized carbons (Fsp3) is 0.312. The molecule has 5 N–H and O–H groups in total. The van der Waals surface area contributed by atoms with Gasteiger partial charge in [-0.15, -0.1) is 24.8 Å². The first kappa shape index (κ1) is 34.2. The minimum absolute atomic E-state index is 0. The van der Waals surface area contributed by atoms with Crippen molar-refractivity contribution in [3.63, 3.8) is 0 Å². The molecule has 10 nitrogen and oxygen atoms in total. The van der Waals surface area contributed by atoms with E-state index < -0.39 is 0 Å². The molecule has 1 unspecified atom stereocenters. The first-order valence-electron chi connectivity index (χ1n) is 14.1. The van der Waals surface area contributed by atoms with Crippen molar-refractivity contribution in [2.75, 3.05) is 13.1 Å². The van der Waals surface area contributed by atoms with Crippen LogP contribution in [-0.4, -0.2) is 51.2 Å². The van der Waals surface area contributed by atoms with E-state index in [4.69, 9.17) is 31.0 Å². The maximum absolute atomic E-state index is 13.1. The molecule has 1 atom stereocenters. The second-order valence-corrected chi connectivity index (χ2v) is 10.6. The van der Waals surface area contributed by atoms with Gasteiger partial charge in [0, 0.05) is 31.5 Å². The fourth-order valence-electron chi connectivity index (χ4n) is 5.15. The van der Waals surface area contributed by atoms with Gasteiger partial charge in [-0.05, 0) is 61.9 Å². The maximum atomic E-state index is 13.1. The Morgan fingerprint density at radius 3 is 2.32 bits per heavy atom. The van der Waals surface area contributed by atoms with E-state index >= 15 is 0 Å². The molecule has 234 valence electrons. The van der Waals surface area contributed by atoms with Gasteiger partial charge >= 0.3 is 0 Å². The number of ether oxygens (including phenoxy) is 2. The summed E-state index contributed by atoms with van der Waals surface area (Å²) in [6.45, 7) is 5.65. The van der Waals surface area contributed by atoms with Gasteiger partial charge in [-0.2, -0.15) is 0 Å². The average molecular weight is 641 g/mol. The normalized spacial score (nSPS) is 13.7. The molecule has 1 aliphatic heterocycles. The maximum Gasteiger partial charge on any atom is 0.240 e. The van der Waals surface area contributed by atoms with Crippen molar-refractivity contribution in [3.05, 3.63) is 89.7 Å². The number of fused-ring (bicyclic) bond motifs is 1. The molecular formula is C32H39Cl2N7O3. The molecule has 1 fully saturated rings. The number of likely N-dealkylation sites (tertiary alicyclic amines) is 1. The van der Waals surface area contributed by atoms with E-state index in [0.29, 0.717) is 28.5 Å². The number of nitrogens with two attached hydrogens (primary N) is 1. The summed E-state index contributed by atoms with van der Waals surface area (Å²) in [6.07, 6.45) is 1.89. The predicted octanol–water partition coefficient (Wildman–Crippen LogP) is 5.46. The largest absolute Gasteiger partial charge is 0.490 e. The monoisotopic (exact) mass is 639 g/mol. The van der Waals surface area contributed by atoms with Crippen molar-refractivity contribution in [2.24, 2.45) is 5.73 Å². The molecular weight excluding hydrogens is 601 g/mol. The topological polar surface area (TPSA) is 142 Å². The van der Waals surface area contributed by atoms with E-state index in [2.05, 4.69) is 10.2 Å². The van der Waals surface area contributed by atoms with Crippen LogP contribution in [0.4, 0.5) is 0 Å². The van der Waals surface area contributed by atoms with Crippen molar-refractivity contribution < 1.29 is 14.3 Å². The Morgan fingerprint density at radius 1 is 1.02 bits per heavy atom. The first-order valence-corrected chi connectivity index (χ1v) is 14.1. The van der Waals surface area contributed by atoms with Gasteiger partial charge in [0.2, 0.25) is 5.91 Å². The van der Waals surface area contributed by atoms with Crippen LogP contribution in [0.25, 0.3) is 11.0 Å². The smallest absolute Gasteiger partial charge is 0.240 e. The van der Waals surface area contributed by atoms with Crippen LogP contribution in [-0.2, 0) is 17.9 Å². The SMILES string of the molecule is CC(=N)N1CCC(Oc2ccc(OCc3nc4cc(C(=N)N)ccc4n3CC(=O)NC(C)c3ccccc3)cc2)CC1.Cl.Cl. The zero-order chi connectivity index (χ0) is 29.6. The molecule has 0 aliphatic carbocycles. The minimum atomic E-state index is -0.148. The number of carbonyl (C=O) groups excluding carboxylic acids is 1. The van der Waals surface area contributed by atoms with Crippen LogP contribution in [0.2, 0.25) is 0 Å². The number of nitrogen functional groups attached to an aromatic ring is 1. The molecule has 1 aromatic heterocycles. The van der Waals surface area contributed by atoms with Crippen molar-refractivity contribution in [1.82, 2.24) is 19.8 Å². The van der Waals surface area contributed by atoms with Gasteiger partial charge in [0.15, 0.2) is 0 Å². The lowest BCUT2D eigenvalue weighted by Gasteiger charge is -2.32. The summed E-state index contributed by atoms with van der Waals surface area (Å²) in [7, 11) is 0. The number of hydrogen-bond donors (Lipinski definition) is 4. The number of amidine groups is 2. The Hall–Kier alpha value is -4.28. The molecule has 44 heavy (non-hydrogen) atoms. The predicted molar refractivity (Wildman–Crippen MR) is 178 cm³/mol. The second kappa shape index (κ2) is 15.4. The summed E-state index contributed by atoms with van der Waals surface area (Å²) in [6, 6.07) is 22.5. The molecule has 4 aromatic rings. The molecule has 1 saturated heterocycles. The number of amides is 1. The Morgan fingerprint density at radius 2 is 1.68 bits per heavy atom. The molecule has 5 rings (SSSR count). The van der Waals surface area contributed by atoms with Gasteiger partial charge in [0.05, 0.1) is 22.9 Å². The molecule has 2 heterocycles. The Bertz CT molecular complexity index is 1570. The second-order valence-electron chi connectivity index (χ2n) is 10.6. The van der Waals surface area contributed by atoms with Crippen molar-refractivity contribution in [1.29, 1.82) is 10.8 Å². The molecule has 12 heteroatoms. The summed E-state index contributed by atoms with van der Waals surface area (Å²) in [5.74, 6) is 2.43. The third-order valence-corrected chi connectivity index (χ3v) is 7.53. The fourth-order valence-corrected chi connectivity index (χ4v) is 5.15. The number of rotatable bonds is 10. The standard InChI is InChI=1S/C32H37N7O3.2ClH/c1-21(23-6-4-3-5-7-23)36-31(40)19-39-29-13-8-24(32(34)35)18-28(29)37-30(39)20-41-25-9-11-26(12-10-25)42-27-14-16-38(17-15-27)22(2)33;;/h3-13,18,21,27,33H,14-17,19-20H2,1-2H3,(H3,34,35)(H,36,40);2*1H. The van der Waals surface area contributed by atoms with E-state index in [-0.39, 0.29) is 61.9 Å². The van der Waals surface area contributed by atoms with E-state index in [0.717, 1.165) is 42.8 Å². The van der Waals surface area contributed by atoms with E-state index in [1.54, 1.807) is 12.1 Å². The van der Waals surface area contributed by atoms with Crippen LogP contribution >= 0.6 is 24.8 Å². The van der Waals surface area contributed by atoms with E-state index in [9.17, 15) is 4.79 Å². The van der Waals surface area contributed by atoms with E-state index in [1.807, 2.05) is 79.1 Å². The van der Waals surface area contributed by atoms with Gasteiger partial charge in [-0.1, -0.05) is 30.3 Å². The van der Waals surface area contributed by atoms with Gasteiger partial charge in [-0.3, -0.25) is 15.6 Å². The molecule has 0 saturated carbocycles. The number of hydrogen-bond acceptors (Lipinski definition) is 6. The summed E-state index contributed by atoms with van der Waals surface area (Å²) in [5.41, 5.74) is 8.69. The van der Waals surface area contributed by atoms with Crippen LogP contribution in [0.3, 0.4) is 0 Å². The van der Waals surface area contributed by atoms with Gasteiger partial charge in [0.25, 0.3) is 0 Å². The molecule has 3 aromatic carbocycles. The highest BCUT2D eigenvalue weighted by atomic mass is 35.5. The number of benzene rings is 3. The van der Waals surface area contributed by atoms with E-state index in [1.165, 1.54) is 0 Å². The number of nitrogens with one attached hydrogen (secondary N) is 3. The Balaban J connectivity index is 0.00000264. The van der Waals surface area contributed by atoms with Gasteiger partial charge in [0.1, 0.15) is 42.4 Å². The number of imidazole rings is 1. The number of nitrogens with zero attached hydrogens (tertiary/aromatic N) is 3. The molecule has 1 amide bonds. The molecule has 0 radical (unpaired) electrons. The number of aromatic nitrogens is 2. The third kappa shape index (κ3) is 8.42. The molecule has 0 bridgehead atoms. The third-order valence-electron chi connectivity index (χ3n) is 7.53. The van der Waals surface area contributed by atoms with Crippen molar-refractivity contribution in [2.45, 2.75) is 52.0 Å². The number of carbonyl (C=O) groups is 1. The lowest BCUT2D eigenvalue weighted by atomic mass is 10.1. The number of halogens is 2. The summed E-state index contributed by atoms with van der Waals surface area (Å²) in [5, 5.41) is 18.7. The van der Waals surface area contributed by atoms with Crippen LogP contribution in [0, 0.1) is 10.8 Å². The summed E-state index contributed by atoms with van der Waals surface area (Å²) < 4.78 is 14.1. The molecule has 1 aliphatic rings. The lowest BCUT2D eigenvalue weighted by molar-refractivity contribution is -0.122. The highest BCUT2D eigenvalue weighted by Crippen LogP contribution is 2.24. The Kier molecular flexibility index (Phi) is 12.0. The Labute approximate surface area is 269 Å². The van der Waals surface area contributed by atoms with Crippen molar-refractivity contribution in [3.8, 4) is 11.5 Å². The summed E-state index contributed by atoms with van der Waals surface area (Å²) in [4.78, 5) is 19.9.